The van der Waals surface area contributed by atoms with Crippen molar-refractivity contribution in [3.63, 3.8) is 0 Å². The van der Waals surface area contributed by atoms with Crippen molar-refractivity contribution in [3.8, 4) is 6.07 Å². The Hall–Kier alpha value is -2.54. The van der Waals surface area contributed by atoms with E-state index in [1.807, 2.05) is 37.3 Å². The number of carbonyl (C=O) groups excluding carboxylic acids is 1. The molecule has 0 amide bonds. The molecule has 3 rings (SSSR count). The van der Waals surface area contributed by atoms with Crippen LogP contribution in [0.25, 0.3) is 0 Å². The number of nitrogens with zero attached hydrogens (tertiary/aromatic N) is 1. The van der Waals surface area contributed by atoms with E-state index < -0.39 is 5.41 Å². The van der Waals surface area contributed by atoms with Crippen LogP contribution < -0.4 is 5.73 Å². The van der Waals surface area contributed by atoms with Gasteiger partial charge in [0, 0.05) is 18.4 Å². The summed E-state index contributed by atoms with van der Waals surface area (Å²) in [6.45, 7) is 1.88. The summed E-state index contributed by atoms with van der Waals surface area (Å²) in [7, 11) is 0. The van der Waals surface area contributed by atoms with Crippen LogP contribution in [0.1, 0.15) is 31.7 Å². The maximum absolute atomic E-state index is 12.5. The molecule has 0 saturated carbocycles. The topological polar surface area (TPSA) is 76.1 Å². The highest BCUT2D eigenvalue weighted by Gasteiger charge is 2.47. The van der Waals surface area contributed by atoms with Crippen LogP contribution in [0.4, 0.5) is 0 Å². The summed E-state index contributed by atoms with van der Waals surface area (Å²) >= 11 is 0. The maximum Gasteiger partial charge on any atom is 0.205 e. The zero-order chi connectivity index (χ0) is 15.0. The molecule has 2 N–H and O–H groups in total. The number of allylic oxidation sites excluding steroid dienone is 3. The lowest BCUT2D eigenvalue weighted by Crippen LogP contribution is -2.39. The van der Waals surface area contributed by atoms with Crippen molar-refractivity contribution in [2.75, 3.05) is 0 Å². The van der Waals surface area contributed by atoms with Crippen molar-refractivity contribution >= 4 is 5.78 Å². The second kappa shape index (κ2) is 4.78. The Morgan fingerprint density at radius 1 is 1.29 bits per heavy atom. The van der Waals surface area contributed by atoms with Crippen LogP contribution in [0, 0.1) is 11.3 Å². The Morgan fingerprint density at radius 2 is 2.00 bits per heavy atom. The molecule has 1 aromatic rings. The summed E-state index contributed by atoms with van der Waals surface area (Å²) in [5, 5.41) is 9.53. The standard InChI is InChI=1S/C17H16N2O2/c1-17(11-6-3-2-4-7-11)12(10-18)16(19)21-14-9-5-8-13(20)15(14)17/h2-4,6-7H,5,8-9,19H2,1H3. The number of hydrogen-bond donors (Lipinski definition) is 1. The number of rotatable bonds is 1. The molecule has 1 unspecified atom stereocenters. The number of carbonyl (C=O) groups is 1. The van der Waals surface area contributed by atoms with E-state index in [2.05, 4.69) is 6.07 Å². The highest BCUT2D eigenvalue weighted by molar-refractivity contribution is 6.00. The van der Waals surface area contributed by atoms with Crippen LogP contribution in [0.3, 0.4) is 0 Å². The van der Waals surface area contributed by atoms with Gasteiger partial charge in [-0.3, -0.25) is 4.79 Å². The minimum absolute atomic E-state index is 0.0443. The zero-order valence-electron chi connectivity index (χ0n) is 11.8. The zero-order valence-corrected chi connectivity index (χ0v) is 11.8. The fourth-order valence-corrected chi connectivity index (χ4v) is 3.26. The molecule has 1 heterocycles. The van der Waals surface area contributed by atoms with E-state index in [0.29, 0.717) is 29.7 Å². The summed E-state index contributed by atoms with van der Waals surface area (Å²) < 4.78 is 5.57. The van der Waals surface area contributed by atoms with E-state index in [1.54, 1.807) is 0 Å². The van der Waals surface area contributed by atoms with Gasteiger partial charge in [-0.05, 0) is 18.9 Å². The molecule has 1 aliphatic heterocycles. The minimum Gasteiger partial charge on any atom is -0.444 e. The molecule has 0 fully saturated rings. The molecule has 0 saturated heterocycles. The van der Waals surface area contributed by atoms with E-state index in [0.717, 1.165) is 12.0 Å². The van der Waals surface area contributed by atoms with Crippen LogP contribution >= 0.6 is 0 Å². The molecule has 1 aromatic carbocycles. The third-order valence-corrected chi connectivity index (χ3v) is 4.31. The molecule has 21 heavy (non-hydrogen) atoms. The monoisotopic (exact) mass is 280 g/mol. The molecule has 0 bridgehead atoms. The van der Waals surface area contributed by atoms with Gasteiger partial charge in [-0.2, -0.15) is 5.26 Å². The van der Waals surface area contributed by atoms with Crippen molar-refractivity contribution in [1.29, 1.82) is 5.26 Å². The van der Waals surface area contributed by atoms with Crippen molar-refractivity contribution in [3.05, 3.63) is 58.7 Å². The van der Waals surface area contributed by atoms with E-state index in [4.69, 9.17) is 10.5 Å². The third kappa shape index (κ3) is 1.85. The number of Topliss-reactive ketones (excluding diaryl/α,β-unsaturated/α-hetero) is 1. The fraction of sp³-hybridized carbons (Fsp3) is 0.294. The maximum atomic E-state index is 12.5. The Bertz CT molecular complexity index is 710. The SMILES string of the molecule is CC1(c2ccccc2)C(C#N)=C(N)OC2=C1C(=O)CCC2. The Balaban J connectivity index is 2.30. The van der Waals surface area contributed by atoms with Gasteiger partial charge in [-0.1, -0.05) is 30.3 Å². The van der Waals surface area contributed by atoms with Gasteiger partial charge in [0.1, 0.15) is 17.4 Å². The molecular formula is C17H16N2O2. The summed E-state index contributed by atoms with van der Waals surface area (Å²) in [6.07, 6.45) is 1.93. The molecule has 0 radical (unpaired) electrons. The molecule has 4 nitrogen and oxygen atoms in total. The van der Waals surface area contributed by atoms with Crippen LogP contribution in [0.2, 0.25) is 0 Å². The number of ketones is 1. The van der Waals surface area contributed by atoms with Crippen LogP contribution in [-0.4, -0.2) is 5.78 Å². The average molecular weight is 280 g/mol. The summed E-state index contributed by atoms with van der Waals surface area (Å²) in [4.78, 5) is 12.5. The molecule has 4 heteroatoms. The van der Waals surface area contributed by atoms with E-state index in [-0.39, 0.29) is 11.7 Å². The first-order valence-corrected chi connectivity index (χ1v) is 6.99. The predicted molar refractivity (Wildman–Crippen MR) is 77.6 cm³/mol. The molecule has 2 aliphatic rings. The number of hydrogen-bond acceptors (Lipinski definition) is 4. The first-order chi connectivity index (χ1) is 10.1. The van der Waals surface area contributed by atoms with Crippen molar-refractivity contribution in [2.45, 2.75) is 31.6 Å². The first-order valence-electron chi connectivity index (χ1n) is 6.99. The highest BCUT2D eigenvalue weighted by atomic mass is 16.5. The fourth-order valence-electron chi connectivity index (χ4n) is 3.26. The van der Waals surface area contributed by atoms with Gasteiger partial charge in [0.25, 0.3) is 0 Å². The lowest BCUT2D eigenvalue weighted by atomic mass is 9.66. The van der Waals surface area contributed by atoms with E-state index in [1.165, 1.54) is 0 Å². The number of ether oxygens (including phenoxy) is 1. The summed E-state index contributed by atoms with van der Waals surface area (Å²) in [5.41, 5.74) is 6.90. The predicted octanol–water partition coefficient (Wildman–Crippen LogP) is 2.68. The van der Waals surface area contributed by atoms with E-state index in [9.17, 15) is 10.1 Å². The van der Waals surface area contributed by atoms with Gasteiger partial charge in [0.2, 0.25) is 5.88 Å². The second-order valence-corrected chi connectivity index (χ2v) is 5.52. The second-order valence-electron chi connectivity index (χ2n) is 5.52. The number of nitriles is 1. The average Bonchev–Trinajstić information content (AvgIpc) is 2.48. The first kappa shape index (κ1) is 13.4. The molecule has 1 aliphatic carbocycles. The van der Waals surface area contributed by atoms with Gasteiger partial charge in [-0.25, -0.2) is 0 Å². The lowest BCUT2D eigenvalue weighted by molar-refractivity contribution is -0.117. The van der Waals surface area contributed by atoms with Crippen molar-refractivity contribution in [1.82, 2.24) is 0 Å². The smallest absolute Gasteiger partial charge is 0.205 e. The van der Waals surface area contributed by atoms with E-state index >= 15 is 0 Å². The van der Waals surface area contributed by atoms with Crippen molar-refractivity contribution < 1.29 is 9.53 Å². The summed E-state index contributed by atoms with van der Waals surface area (Å²) in [5.74, 6) is 0.772. The van der Waals surface area contributed by atoms with Crippen molar-refractivity contribution in [2.24, 2.45) is 5.73 Å². The van der Waals surface area contributed by atoms with Gasteiger partial charge in [-0.15, -0.1) is 0 Å². The molecular weight excluding hydrogens is 264 g/mol. The lowest BCUT2D eigenvalue weighted by Gasteiger charge is -2.38. The van der Waals surface area contributed by atoms with Crippen LogP contribution in [0.15, 0.2) is 53.1 Å². The molecule has 106 valence electrons. The highest BCUT2D eigenvalue weighted by Crippen LogP contribution is 2.47. The normalized spacial score (nSPS) is 25.2. The number of benzene rings is 1. The molecule has 1 atom stereocenters. The quantitative estimate of drug-likeness (QED) is 0.858. The third-order valence-electron chi connectivity index (χ3n) is 4.31. The number of nitrogens with two attached hydrogens (primary N) is 1. The summed E-state index contributed by atoms with van der Waals surface area (Å²) in [6, 6.07) is 11.7. The Kier molecular flexibility index (Phi) is 3.06. The van der Waals surface area contributed by atoms with Gasteiger partial charge in [0.05, 0.1) is 5.41 Å². The van der Waals surface area contributed by atoms with Gasteiger partial charge >= 0.3 is 0 Å². The van der Waals surface area contributed by atoms with Crippen LogP contribution in [0.5, 0.6) is 0 Å². The largest absolute Gasteiger partial charge is 0.444 e. The molecule has 0 aromatic heterocycles. The van der Waals surface area contributed by atoms with Crippen LogP contribution in [-0.2, 0) is 14.9 Å². The van der Waals surface area contributed by atoms with Gasteiger partial charge in [0.15, 0.2) is 5.78 Å². The Labute approximate surface area is 123 Å². The van der Waals surface area contributed by atoms with Gasteiger partial charge < -0.3 is 10.5 Å². The molecule has 0 spiro atoms. The minimum atomic E-state index is -0.828. The Morgan fingerprint density at radius 3 is 2.67 bits per heavy atom.